The van der Waals surface area contributed by atoms with Gasteiger partial charge in [-0.2, -0.15) is 0 Å². The maximum absolute atomic E-state index is 11.9. The molecule has 4 rings (SSSR count). The predicted octanol–water partition coefficient (Wildman–Crippen LogP) is 3.55. The van der Waals surface area contributed by atoms with Crippen LogP contribution < -0.4 is 10.6 Å². The molecule has 1 aliphatic rings. The van der Waals surface area contributed by atoms with Gasteiger partial charge in [0.15, 0.2) is 5.13 Å². The molecule has 2 amide bonds. The predicted molar refractivity (Wildman–Crippen MR) is 96.3 cm³/mol. The van der Waals surface area contributed by atoms with Gasteiger partial charge in [-0.05, 0) is 35.9 Å². The number of hydrogen-bond acceptors (Lipinski definition) is 5. The molecule has 3 heterocycles. The number of carbonyl (C=O) groups is 2. The second-order valence-electron chi connectivity index (χ2n) is 5.47. The topological polar surface area (TPSA) is 84.2 Å². The number of nitrogens with zero attached hydrogens (tertiary/aromatic N) is 1. The van der Waals surface area contributed by atoms with E-state index in [-0.39, 0.29) is 11.8 Å². The van der Waals surface area contributed by atoms with E-state index in [1.165, 1.54) is 17.4 Å². The molecular weight excluding hydrogens is 338 g/mol. The molecule has 0 unspecified atom stereocenters. The van der Waals surface area contributed by atoms with Crippen LogP contribution in [0.3, 0.4) is 0 Å². The summed E-state index contributed by atoms with van der Waals surface area (Å²) in [5.74, 6) is 0.332. The van der Waals surface area contributed by atoms with Gasteiger partial charge in [-0.25, -0.2) is 4.98 Å². The first-order valence-electron chi connectivity index (χ1n) is 7.58. The van der Waals surface area contributed by atoms with E-state index in [4.69, 9.17) is 4.42 Å². The van der Waals surface area contributed by atoms with Crippen molar-refractivity contribution in [2.45, 2.75) is 6.42 Å². The van der Waals surface area contributed by atoms with Crippen molar-refractivity contribution in [3.05, 3.63) is 59.4 Å². The summed E-state index contributed by atoms with van der Waals surface area (Å²) in [6.07, 6.45) is 4.92. The number of fused-ring (bicyclic) bond motifs is 1. The van der Waals surface area contributed by atoms with Crippen molar-refractivity contribution in [2.24, 2.45) is 0 Å². The number of hydrogen-bond donors (Lipinski definition) is 2. The Bertz CT molecular complexity index is 973. The SMILES string of the molecule is O=C(/C=C/c1ccco1)Nc1nc(-c2ccc3c(c2)CC(=O)N3)cs1. The highest BCUT2D eigenvalue weighted by Crippen LogP contribution is 2.30. The van der Waals surface area contributed by atoms with Crippen LogP contribution >= 0.6 is 11.3 Å². The number of benzene rings is 1. The summed E-state index contributed by atoms with van der Waals surface area (Å²) in [4.78, 5) is 27.8. The van der Waals surface area contributed by atoms with Crippen LogP contribution in [0.4, 0.5) is 10.8 Å². The molecule has 3 aromatic rings. The lowest BCUT2D eigenvalue weighted by Gasteiger charge is -2.01. The molecule has 0 bridgehead atoms. The molecule has 0 radical (unpaired) electrons. The Labute approximate surface area is 147 Å². The normalized spacial score (nSPS) is 13.0. The fraction of sp³-hybridized carbons (Fsp3) is 0.0556. The maximum Gasteiger partial charge on any atom is 0.250 e. The Morgan fingerprint density at radius 1 is 1.36 bits per heavy atom. The van der Waals surface area contributed by atoms with Crippen LogP contribution in [0.5, 0.6) is 0 Å². The smallest absolute Gasteiger partial charge is 0.250 e. The highest BCUT2D eigenvalue weighted by molar-refractivity contribution is 7.14. The summed E-state index contributed by atoms with van der Waals surface area (Å²) in [5.41, 5.74) is 3.48. The van der Waals surface area contributed by atoms with E-state index in [0.29, 0.717) is 17.3 Å². The van der Waals surface area contributed by atoms with Crippen molar-refractivity contribution in [3.63, 3.8) is 0 Å². The van der Waals surface area contributed by atoms with E-state index in [0.717, 1.165) is 22.5 Å². The molecule has 0 saturated carbocycles. The Hall–Kier alpha value is -3.19. The lowest BCUT2D eigenvalue weighted by Crippen LogP contribution is -2.07. The van der Waals surface area contributed by atoms with Crippen molar-refractivity contribution in [2.75, 3.05) is 10.6 Å². The van der Waals surface area contributed by atoms with E-state index >= 15 is 0 Å². The second kappa shape index (κ2) is 6.37. The van der Waals surface area contributed by atoms with E-state index in [9.17, 15) is 9.59 Å². The van der Waals surface area contributed by atoms with Crippen molar-refractivity contribution in [1.82, 2.24) is 4.98 Å². The first-order valence-corrected chi connectivity index (χ1v) is 8.46. The molecule has 7 heteroatoms. The van der Waals surface area contributed by atoms with E-state index < -0.39 is 0 Å². The molecule has 0 fully saturated rings. The summed E-state index contributed by atoms with van der Waals surface area (Å²) >= 11 is 1.35. The Morgan fingerprint density at radius 3 is 3.12 bits per heavy atom. The van der Waals surface area contributed by atoms with Gasteiger partial charge in [0.25, 0.3) is 0 Å². The average Bonchev–Trinajstić information content (AvgIpc) is 3.32. The van der Waals surface area contributed by atoms with Gasteiger partial charge in [-0.3, -0.25) is 14.9 Å². The summed E-state index contributed by atoms with van der Waals surface area (Å²) in [7, 11) is 0. The molecule has 0 saturated heterocycles. The molecule has 124 valence electrons. The van der Waals surface area contributed by atoms with Crippen molar-refractivity contribution >= 4 is 40.0 Å². The van der Waals surface area contributed by atoms with Gasteiger partial charge in [0.2, 0.25) is 11.8 Å². The summed E-state index contributed by atoms with van der Waals surface area (Å²) in [6.45, 7) is 0. The van der Waals surface area contributed by atoms with Crippen molar-refractivity contribution < 1.29 is 14.0 Å². The van der Waals surface area contributed by atoms with Crippen LogP contribution in [-0.4, -0.2) is 16.8 Å². The first-order chi connectivity index (χ1) is 12.2. The van der Waals surface area contributed by atoms with Crippen LogP contribution in [0, 0.1) is 0 Å². The molecule has 1 aliphatic heterocycles. The molecule has 2 N–H and O–H groups in total. The second-order valence-corrected chi connectivity index (χ2v) is 6.33. The van der Waals surface area contributed by atoms with E-state index in [1.807, 2.05) is 23.6 Å². The fourth-order valence-electron chi connectivity index (χ4n) is 2.54. The number of nitrogens with one attached hydrogen (secondary N) is 2. The van der Waals surface area contributed by atoms with Gasteiger partial charge < -0.3 is 9.73 Å². The number of aromatic nitrogens is 1. The third-order valence-electron chi connectivity index (χ3n) is 3.70. The molecule has 0 aliphatic carbocycles. The lowest BCUT2D eigenvalue weighted by atomic mass is 10.1. The van der Waals surface area contributed by atoms with Gasteiger partial charge in [-0.15, -0.1) is 11.3 Å². The molecule has 0 spiro atoms. The third-order valence-corrected chi connectivity index (χ3v) is 4.46. The van der Waals surface area contributed by atoms with Gasteiger partial charge in [-0.1, -0.05) is 6.07 Å². The monoisotopic (exact) mass is 351 g/mol. The Kier molecular flexibility index (Phi) is 3.91. The van der Waals surface area contributed by atoms with Gasteiger partial charge in [0, 0.05) is 22.7 Å². The van der Waals surface area contributed by atoms with Crippen LogP contribution in [-0.2, 0) is 16.0 Å². The molecule has 0 atom stereocenters. The summed E-state index contributed by atoms with van der Waals surface area (Å²) in [6, 6.07) is 9.25. The van der Waals surface area contributed by atoms with Crippen LogP contribution in [0.1, 0.15) is 11.3 Å². The summed E-state index contributed by atoms with van der Waals surface area (Å²) < 4.78 is 5.13. The fourth-order valence-corrected chi connectivity index (χ4v) is 3.27. The molecule has 1 aromatic carbocycles. The summed E-state index contributed by atoms with van der Waals surface area (Å²) in [5, 5.41) is 7.92. The molecular formula is C18H13N3O3S. The largest absolute Gasteiger partial charge is 0.465 e. The van der Waals surface area contributed by atoms with Crippen LogP contribution in [0.2, 0.25) is 0 Å². The van der Waals surface area contributed by atoms with Crippen LogP contribution in [0.15, 0.2) is 52.5 Å². The minimum absolute atomic E-state index is 0.00160. The van der Waals surface area contributed by atoms with Crippen molar-refractivity contribution in [1.29, 1.82) is 0 Å². The lowest BCUT2D eigenvalue weighted by molar-refractivity contribution is -0.115. The zero-order chi connectivity index (χ0) is 17.2. The zero-order valence-electron chi connectivity index (χ0n) is 13.0. The highest BCUT2D eigenvalue weighted by atomic mass is 32.1. The maximum atomic E-state index is 11.9. The first kappa shape index (κ1) is 15.3. The van der Waals surface area contributed by atoms with E-state index in [1.54, 1.807) is 24.5 Å². The number of amides is 2. The van der Waals surface area contributed by atoms with E-state index in [2.05, 4.69) is 15.6 Å². The standard InChI is InChI=1S/C18H13N3O3S/c22-16(6-4-13-2-1-7-24-13)21-18-20-15(10-25-18)11-3-5-14-12(8-11)9-17(23)19-14/h1-8,10H,9H2,(H,19,23)(H,20,21,22)/b6-4+. The minimum Gasteiger partial charge on any atom is -0.465 e. The number of rotatable bonds is 4. The molecule has 25 heavy (non-hydrogen) atoms. The molecule has 6 nitrogen and oxygen atoms in total. The number of furan rings is 1. The third kappa shape index (κ3) is 3.36. The quantitative estimate of drug-likeness (QED) is 0.704. The number of carbonyl (C=O) groups excluding carboxylic acids is 2. The Morgan fingerprint density at radius 2 is 2.28 bits per heavy atom. The zero-order valence-corrected chi connectivity index (χ0v) is 13.8. The van der Waals surface area contributed by atoms with Crippen molar-refractivity contribution in [3.8, 4) is 11.3 Å². The number of anilines is 2. The van der Waals surface area contributed by atoms with Gasteiger partial charge >= 0.3 is 0 Å². The minimum atomic E-state index is -0.277. The van der Waals surface area contributed by atoms with Crippen LogP contribution in [0.25, 0.3) is 17.3 Å². The number of thiazole rings is 1. The average molecular weight is 351 g/mol. The molecule has 2 aromatic heterocycles. The Balaban J connectivity index is 1.46. The van der Waals surface area contributed by atoms with Gasteiger partial charge in [0.1, 0.15) is 5.76 Å². The highest BCUT2D eigenvalue weighted by Gasteiger charge is 2.18. The van der Waals surface area contributed by atoms with Gasteiger partial charge in [0.05, 0.1) is 18.4 Å².